The average molecular weight is 344 g/mol. The maximum atomic E-state index is 12.6. The second-order valence-electron chi connectivity index (χ2n) is 10.4. The first-order chi connectivity index (χ1) is 11.7. The van der Waals surface area contributed by atoms with Gasteiger partial charge in [-0.15, -0.1) is 0 Å². The SMILES string of the molecule is CC(=O)[C@@]12O[C@@]1(C)C[C@H]1[C@@H]3CC=C4C[C@@H](O)CC[C@]4(C)[C@H]3CC[C@@]12C. The number of ether oxygens (including phenoxy) is 1. The number of aliphatic hydroxyl groups excluding tert-OH is 1. The second kappa shape index (κ2) is 4.59. The summed E-state index contributed by atoms with van der Waals surface area (Å²) in [6, 6.07) is 0. The molecule has 4 fully saturated rings. The first-order valence-electron chi connectivity index (χ1n) is 10.3. The zero-order chi connectivity index (χ0) is 17.8. The summed E-state index contributed by atoms with van der Waals surface area (Å²) in [5.74, 6) is 2.23. The van der Waals surface area contributed by atoms with E-state index in [2.05, 4.69) is 26.8 Å². The van der Waals surface area contributed by atoms with Crippen LogP contribution >= 0.6 is 0 Å². The number of hydrogen-bond acceptors (Lipinski definition) is 3. The van der Waals surface area contributed by atoms with Crippen molar-refractivity contribution < 1.29 is 14.6 Å². The summed E-state index contributed by atoms with van der Waals surface area (Å²) in [6.45, 7) is 8.72. The van der Waals surface area contributed by atoms with Gasteiger partial charge >= 0.3 is 0 Å². The van der Waals surface area contributed by atoms with Gasteiger partial charge in [-0.05, 0) is 82.0 Å². The van der Waals surface area contributed by atoms with Crippen LogP contribution in [0.1, 0.15) is 72.6 Å². The normalized spacial score (nSPS) is 59.2. The van der Waals surface area contributed by atoms with Gasteiger partial charge in [-0.1, -0.05) is 25.5 Å². The van der Waals surface area contributed by atoms with Crippen LogP contribution in [0.3, 0.4) is 0 Å². The number of allylic oxidation sites excluding steroid dienone is 1. The van der Waals surface area contributed by atoms with Crippen LogP contribution in [0.2, 0.25) is 0 Å². The van der Waals surface area contributed by atoms with Crippen LogP contribution in [0.25, 0.3) is 0 Å². The number of rotatable bonds is 1. The number of carbonyl (C=O) groups is 1. The molecular formula is C22H32O3. The Labute approximate surface area is 151 Å². The molecule has 0 spiro atoms. The highest BCUT2D eigenvalue weighted by Crippen LogP contribution is 2.77. The van der Waals surface area contributed by atoms with E-state index in [0.717, 1.165) is 38.5 Å². The fraction of sp³-hybridized carbons (Fsp3) is 0.864. The Hall–Kier alpha value is -0.670. The number of Topliss-reactive ketones (excluding diaryl/α,β-unsaturated/α-hetero) is 1. The standard InChI is InChI=1S/C22H32O3/c1-13(23)22-20(3)10-8-17-16(18(20)12-21(22,4)25-22)6-5-14-11-15(24)7-9-19(14,17)2/h5,15-18,24H,6-12H2,1-4H3/t15-,16+,17-,18-,19-,20-,21-,22-/m0/s1. The molecule has 0 unspecified atom stereocenters. The summed E-state index contributed by atoms with van der Waals surface area (Å²) >= 11 is 0. The van der Waals surface area contributed by atoms with Crippen molar-refractivity contribution in [1.29, 1.82) is 0 Å². The Bertz CT molecular complexity index is 683. The van der Waals surface area contributed by atoms with Crippen molar-refractivity contribution in [3.05, 3.63) is 11.6 Å². The van der Waals surface area contributed by atoms with Gasteiger partial charge < -0.3 is 9.84 Å². The summed E-state index contributed by atoms with van der Waals surface area (Å²) < 4.78 is 6.19. The molecular weight excluding hydrogens is 312 g/mol. The molecule has 3 saturated carbocycles. The summed E-state index contributed by atoms with van der Waals surface area (Å²) in [5, 5.41) is 10.1. The molecule has 1 saturated heterocycles. The zero-order valence-corrected chi connectivity index (χ0v) is 16.1. The molecule has 0 bridgehead atoms. The fourth-order valence-electron chi connectivity index (χ4n) is 8.26. The van der Waals surface area contributed by atoms with Crippen LogP contribution in [-0.2, 0) is 9.53 Å². The molecule has 8 atom stereocenters. The minimum Gasteiger partial charge on any atom is -0.393 e. The number of aliphatic hydroxyl groups is 1. The molecule has 3 nitrogen and oxygen atoms in total. The van der Waals surface area contributed by atoms with E-state index in [9.17, 15) is 9.90 Å². The molecule has 3 heteroatoms. The Kier molecular flexibility index (Phi) is 3.03. The average Bonchev–Trinajstić information content (AvgIpc) is 3.13. The summed E-state index contributed by atoms with van der Waals surface area (Å²) in [7, 11) is 0. The van der Waals surface area contributed by atoms with Crippen LogP contribution in [0.5, 0.6) is 0 Å². The molecule has 1 N–H and O–H groups in total. The van der Waals surface area contributed by atoms with Crippen molar-refractivity contribution in [1.82, 2.24) is 0 Å². The number of hydrogen-bond donors (Lipinski definition) is 1. The molecule has 138 valence electrons. The minimum atomic E-state index is -0.511. The second-order valence-corrected chi connectivity index (χ2v) is 10.4. The predicted octanol–water partition coefficient (Wildman–Crippen LogP) is 4.04. The van der Waals surface area contributed by atoms with Crippen molar-refractivity contribution in [2.45, 2.75) is 89.9 Å². The number of epoxide rings is 1. The molecule has 4 aliphatic carbocycles. The first kappa shape index (κ1) is 16.5. The maximum absolute atomic E-state index is 12.6. The lowest BCUT2D eigenvalue weighted by molar-refractivity contribution is -0.135. The Morgan fingerprint density at radius 1 is 1.20 bits per heavy atom. The zero-order valence-electron chi connectivity index (χ0n) is 16.1. The third-order valence-electron chi connectivity index (χ3n) is 9.46. The monoisotopic (exact) mass is 344 g/mol. The van der Waals surface area contributed by atoms with Gasteiger partial charge in [0.15, 0.2) is 11.4 Å². The lowest BCUT2D eigenvalue weighted by atomic mass is 9.47. The van der Waals surface area contributed by atoms with Crippen molar-refractivity contribution in [3.8, 4) is 0 Å². The number of fused-ring (bicyclic) bond motifs is 7. The lowest BCUT2D eigenvalue weighted by Crippen LogP contribution is -2.54. The Morgan fingerprint density at radius 2 is 1.96 bits per heavy atom. The summed E-state index contributed by atoms with van der Waals surface area (Å²) in [6.07, 6.45) is 9.75. The highest BCUT2D eigenvalue weighted by atomic mass is 16.6. The Balaban J connectivity index is 1.53. The van der Waals surface area contributed by atoms with Gasteiger partial charge in [0, 0.05) is 5.41 Å². The van der Waals surface area contributed by atoms with Crippen LogP contribution < -0.4 is 0 Å². The van der Waals surface area contributed by atoms with E-state index in [-0.39, 0.29) is 28.3 Å². The van der Waals surface area contributed by atoms with Gasteiger partial charge in [0.2, 0.25) is 0 Å². The summed E-state index contributed by atoms with van der Waals surface area (Å²) in [4.78, 5) is 12.6. The van der Waals surface area contributed by atoms with Crippen molar-refractivity contribution in [2.75, 3.05) is 0 Å². The molecule has 1 aliphatic heterocycles. The first-order valence-corrected chi connectivity index (χ1v) is 10.3. The number of ketones is 1. The number of carbonyl (C=O) groups excluding carboxylic acids is 1. The van der Waals surface area contributed by atoms with E-state index in [1.54, 1.807) is 6.92 Å². The fourth-order valence-corrected chi connectivity index (χ4v) is 8.26. The molecule has 0 aromatic rings. The van der Waals surface area contributed by atoms with Gasteiger partial charge in [-0.3, -0.25) is 4.79 Å². The largest absolute Gasteiger partial charge is 0.393 e. The van der Waals surface area contributed by atoms with Crippen molar-refractivity contribution in [2.24, 2.45) is 28.6 Å². The van der Waals surface area contributed by atoms with E-state index in [1.165, 1.54) is 12.0 Å². The van der Waals surface area contributed by atoms with Gasteiger partial charge in [-0.25, -0.2) is 0 Å². The molecule has 0 aromatic heterocycles. The molecule has 0 amide bonds. The highest BCUT2D eigenvalue weighted by molar-refractivity contribution is 5.91. The molecule has 25 heavy (non-hydrogen) atoms. The third kappa shape index (κ3) is 1.69. The maximum Gasteiger partial charge on any atom is 0.165 e. The van der Waals surface area contributed by atoms with E-state index >= 15 is 0 Å². The van der Waals surface area contributed by atoms with Gasteiger partial charge in [0.1, 0.15) is 5.60 Å². The highest BCUT2D eigenvalue weighted by Gasteiger charge is 2.85. The van der Waals surface area contributed by atoms with E-state index in [0.29, 0.717) is 17.8 Å². The van der Waals surface area contributed by atoms with E-state index in [4.69, 9.17) is 4.74 Å². The minimum absolute atomic E-state index is 0.00460. The van der Waals surface area contributed by atoms with Crippen LogP contribution in [0.15, 0.2) is 11.6 Å². The van der Waals surface area contributed by atoms with Gasteiger partial charge in [0.05, 0.1) is 6.10 Å². The molecule has 5 rings (SSSR count). The van der Waals surface area contributed by atoms with Crippen LogP contribution in [-0.4, -0.2) is 28.2 Å². The predicted molar refractivity (Wildman–Crippen MR) is 96.0 cm³/mol. The Morgan fingerprint density at radius 3 is 2.68 bits per heavy atom. The van der Waals surface area contributed by atoms with E-state index < -0.39 is 5.60 Å². The van der Waals surface area contributed by atoms with Crippen molar-refractivity contribution >= 4 is 5.78 Å². The van der Waals surface area contributed by atoms with Gasteiger partial charge in [0.25, 0.3) is 0 Å². The van der Waals surface area contributed by atoms with E-state index in [1.807, 2.05) is 0 Å². The van der Waals surface area contributed by atoms with Gasteiger partial charge in [-0.2, -0.15) is 0 Å². The molecule has 0 aromatic carbocycles. The molecule has 1 heterocycles. The molecule has 0 radical (unpaired) electrons. The molecule has 5 aliphatic rings. The van der Waals surface area contributed by atoms with Crippen LogP contribution in [0, 0.1) is 28.6 Å². The topological polar surface area (TPSA) is 49.8 Å². The summed E-state index contributed by atoms with van der Waals surface area (Å²) in [5.41, 5.74) is 1.05. The lowest BCUT2D eigenvalue weighted by Gasteiger charge is -2.58. The third-order valence-corrected chi connectivity index (χ3v) is 9.46. The quantitative estimate of drug-likeness (QED) is 0.577. The smallest absolute Gasteiger partial charge is 0.165 e. The van der Waals surface area contributed by atoms with Crippen molar-refractivity contribution in [3.63, 3.8) is 0 Å². The van der Waals surface area contributed by atoms with Crippen LogP contribution in [0.4, 0.5) is 0 Å².